The molecular weight excluding hydrogens is 300 g/mol. The highest BCUT2D eigenvalue weighted by molar-refractivity contribution is 6.31. The molecule has 2 unspecified atom stereocenters. The first kappa shape index (κ1) is 14.2. The van der Waals surface area contributed by atoms with Gasteiger partial charge in [0.15, 0.2) is 0 Å². The largest absolute Gasteiger partial charge is 0.314 e. The summed E-state index contributed by atoms with van der Waals surface area (Å²) in [7, 11) is 0. The van der Waals surface area contributed by atoms with E-state index in [9.17, 15) is 4.79 Å². The predicted molar refractivity (Wildman–Crippen MR) is 87.2 cm³/mol. The van der Waals surface area contributed by atoms with E-state index in [0.29, 0.717) is 28.5 Å². The summed E-state index contributed by atoms with van der Waals surface area (Å²) in [4.78, 5) is 22.1. The number of benzene rings is 1. The zero-order valence-corrected chi connectivity index (χ0v) is 13.1. The Balaban J connectivity index is 1.57. The quantitative estimate of drug-likeness (QED) is 0.886. The Hall–Kier alpha value is -1.43. The molecule has 5 nitrogen and oxygen atoms in total. The van der Waals surface area contributed by atoms with Gasteiger partial charge in [-0.05, 0) is 43.5 Å². The Morgan fingerprint density at radius 2 is 2.27 bits per heavy atom. The average Bonchev–Trinajstić information content (AvgIpc) is 2.96. The highest BCUT2D eigenvalue weighted by Gasteiger charge is 2.32. The number of fused-ring (bicyclic) bond motifs is 2. The molecule has 2 aromatic rings. The summed E-state index contributed by atoms with van der Waals surface area (Å²) < 4.78 is 0. The van der Waals surface area contributed by atoms with Gasteiger partial charge in [-0.1, -0.05) is 11.6 Å². The zero-order chi connectivity index (χ0) is 15.1. The zero-order valence-electron chi connectivity index (χ0n) is 12.3. The normalized spacial score (nSPS) is 25.5. The summed E-state index contributed by atoms with van der Waals surface area (Å²) >= 11 is 5.94. The topological polar surface area (TPSA) is 61.0 Å². The van der Waals surface area contributed by atoms with Crippen LogP contribution in [-0.2, 0) is 6.54 Å². The van der Waals surface area contributed by atoms with Gasteiger partial charge in [-0.25, -0.2) is 4.98 Å². The van der Waals surface area contributed by atoms with Crippen molar-refractivity contribution in [1.29, 1.82) is 0 Å². The van der Waals surface area contributed by atoms with E-state index in [1.54, 1.807) is 12.1 Å². The molecule has 3 heterocycles. The van der Waals surface area contributed by atoms with Gasteiger partial charge in [-0.2, -0.15) is 0 Å². The summed E-state index contributed by atoms with van der Waals surface area (Å²) in [6.45, 7) is 3.97. The molecule has 22 heavy (non-hydrogen) atoms. The number of rotatable bonds is 2. The molecule has 6 heteroatoms. The number of hydrogen-bond acceptors (Lipinski definition) is 4. The number of nitrogens with zero attached hydrogens (tertiary/aromatic N) is 2. The molecule has 1 aromatic heterocycles. The van der Waals surface area contributed by atoms with Gasteiger partial charge in [0, 0.05) is 24.2 Å². The van der Waals surface area contributed by atoms with Crippen LogP contribution in [0.4, 0.5) is 0 Å². The number of likely N-dealkylation sites (tertiary alicyclic amines) is 1. The van der Waals surface area contributed by atoms with E-state index in [2.05, 4.69) is 20.2 Å². The second-order valence-electron chi connectivity index (χ2n) is 6.31. The number of halogens is 1. The van der Waals surface area contributed by atoms with Crippen molar-refractivity contribution >= 4 is 22.5 Å². The van der Waals surface area contributed by atoms with E-state index in [4.69, 9.17) is 11.6 Å². The molecule has 2 atom stereocenters. The van der Waals surface area contributed by atoms with Gasteiger partial charge in [0.05, 0.1) is 17.4 Å². The maximum Gasteiger partial charge on any atom is 0.258 e. The molecule has 4 rings (SSSR count). The Labute approximate surface area is 133 Å². The van der Waals surface area contributed by atoms with E-state index in [1.807, 2.05) is 6.07 Å². The van der Waals surface area contributed by atoms with Crippen molar-refractivity contribution < 1.29 is 0 Å². The molecule has 0 saturated carbocycles. The molecule has 0 aliphatic carbocycles. The fourth-order valence-electron chi connectivity index (χ4n) is 3.71. The fourth-order valence-corrected chi connectivity index (χ4v) is 3.88. The molecule has 2 aliphatic rings. The third-order valence-electron chi connectivity index (χ3n) is 4.83. The van der Waals surface area contributed by atoms with Gasteiger partial charge >= 0.3 is 0 Å². The first-order chi connectivity index (χ1) is 10.7. The van der Waals surface area contributed by atoms with Crippen molar-refractivity contribution in [2.75, 3.05) is 19.6 Å². The standard InChI is InChI=1S/C16H19ClN4O/c17-11-1-2-14-12(7-11)16(22)20-15(19-14)9-21-6-4-13-10(8-21)3-5-18-13/h1-2,7,10,13,18H,3-6,8-9H2,(H,19,20,22). The number of aromatic amines is 1. The van der Waals surface area contributed by atoms with Crippen molar-refractivity contribution in [2.45, 2.75) is 25.4 Å². The molecule has 0 amide bonds. The lowest BCUT2D eigenvalue weighted by atomic mass is 9.93. The molecule has 0 bridgehead atoms. The number of nitrogens with one attached hydrogen (secondary N) is 2. The van der Waals surface area contributed by atoms with Gasteiger partial charge in [0.25, 0.3) is 5.56 Å². The highest BCUT2D eigenvalue weighted by Crippen LogP contribution is 2.25. The van der Waals surface area contributed by atoms with E-state index in [-0.39, 0.29) is 5.56 Å². The van der Waals surface area contributed by atoms with Crippen LogP contribution in [0.25, 0.3) is 10.9 Å². The number of piperidine rings is 1. The van der Waals surface area contributed by atoms with Crippen LogP contribution in [0.15, 0.2) is 23.0 Å². The van der Waals surface area contributed by atoms with Gasteiger partial charge in [0.2, 0.25) is 0 Å². The lowest BCUT2D eigenvalue weighted by Crippen LogP contribution is -2.44. The van der Waals surface area contributed by atoms with Gasteiger partial charge in [-0.15, -0.1) is 0 Å². The van der Waals surface area contributed by atoms with Gasteiger partial charge in [0.1, 0.15) is 5.82 Å². The van der Waals surface area contributed by atoms with Crippen molar-refractivity contribution in [3.8, 4) is 0 Å². The van der Waals surface area contributed by atoms with Crippen molar-refractivity contribution in [3.05, 3.63) is 39.4 Å². The van der Waals surface area contributed by atoms with E-state index in [1.165, 1.54) is 12.8 Å². The number of hydrogen-bond donors (Lipinski definition) is 2. The molecule has 0 radical (unpaired) electrons. The minimum Gasteiger partial charge on any atom is -0.314 e. The lowest BCUT2D eigenvalue weighted by molar-refractivity contribution is 0.153. The second kappa shape index (κ2) is 5.65. The van der Waals surface area contributed by atoms with Crippen LogP contribution in [0, 0.1) is 5.92 Å². The summed E-state index contributed by atoms with van der Waals surface area (Å²) in [6.07, 6.45) is 2.43. The Morgan fingerprint density at radius 3 is 3.18 bits per heavy atom. The van der Waals surface area contributed by atoms with E-state index >= 15 is 0 Å². The fraction of sp³-hybridized carbons (Fsp3) is 0.500. The third-order valence-corrected chi connectivity index (χ3v) is 5.06. The highest BCUT2D eigenvalue weighted by atomic mass is 35.5. The minimum atomic E-state index is -0.111. The predicted octanol–water partition coefficient (Wildman–Crippen LogP) is 1.76. The molecule has 2 saturated heterocycles. The third kappa shape index (κ3) is 2.64. The summed E-state index contributed by atoms with van der Waals surface area (Å²) in [5, 5.41) is 4.68. The number of H-pyrrole nitrogens is 1. The molecule has 2 aliphatic heterocycles. The van der Waals surface area contributed by atoms with Crippen molar-refractivity contribution in [2.24, 2.45) is 5.92 Å². The van der Waals surface area contributed by atoms with Crippen molar-refractivity contribution in [1.82, 2.24) is 20.2 Å². The molecule has 1 aromatic carbocycles. The maximum absolute atomic E-state index is 12.2. The van der Waals surface area contributed by atoms with Crippen LogP contribution in [0.3, 0.4) is 0 Å². The van der Waals surface area contributed by atoms with Crippen LogP contribution in [0.5, 0.6) is 0 Å². The van der Waals surface area contributed by atoms with Crippen LogP contribution in [0.1, 0.15) is 18.7 Å². The molecule has 2 N–H and O–H groups in total. The van der Waals surface area contributed by atoms with E-state index in [0.717, 1.165) is 31.4 Å². The Bertz CT molecular complexity index is 759. The summed E-state index contributed by atoms with van der Waals surface area (Å²) in [5.41, 5.74) is 0.598. The maximum atomic E-state index is 12.2. The first-order valence-electron chi connectivity index (χ1n) is 7.83. The molecule has 2 fully saturated rings. The minimum absolute atomic E-state index is 0.111. The van der Waals surface area contributed by atoms with Crippen LogP contribution < -0.4 is 10.9 Å². The second-order valence-corrected chi connectivity index (χ2v) is 6.74. The van der Waals surface area contributed by atoms with Gasteiger partial charge in [-0.3, -0.25) is 9.69 Å². The van der Waals surface area contributed by atoms with Gasteiger partial charge < -0.3 is 10.3 Å². The van der Waals surface area contributed by atoms with Crippen LogP contribution in [0.2, 0.25) is 5.02 Å². The lowest BCUT2D eigenvalue weighted by Gasteiger charge is -2.34. The monoisotopic (exact) mass is 318 g/mol. The Kier molecular flexibility index (Phi) is 3.64. The van der Waals surface area contributed by atoms with Crippen LogP contribution >= 0.6 is 11.6 Å². The Morgan fingerprint density at radius 1 is 1.36 bits per heavy atom. The molecular formula is C16H19ClN4O. The summed E-state index contributed by atoms with van der Waals surface area (Å²) in [5.74, 6) is 1.48. The smallest absolute Gasteiger partial charge is 0.258 e. The molecule has 0 spiro atoms. The first-order valence-corrected chi connectivity index (χ1v) is 8.21. The van der Waals surface area contributed by atoms with E-state index < -0.39 is 0 Å². The van der Waals surface area contributed by atoms with Crippen molar-refractivity contribution in [3.63, 3.8) is 0 Å². The average molecular weight is 319 g/mol. The SMILES string of the molecule is O=c1[nH]c(CN2CCC3NCCC3C2)nc2ccc(Cl)cc12. The number of aromatic nitrogens is 2. The molecule has 116 valence electrons. The summed E-state index contributed by atoms with van der Waals surface area (Å²) in [6, 6.07) is 5.93. The van der Waals surface area contributed by atoms with Crippen LogP contribution in [-0.4, -0.2) is 40.5 Å².